The molecule has 0 bridgehead atoms. The molecule has 1 fully saturated rings. The molecule has 2 heterocycles. The van der Waals surface area contributed by atoms with Crippen molar-refractivity contribution < 1.29 is 4.74 Å². The van der Waals surface area contributed by atoms with E-state index < -0.39 is 0 Å². The molecule has 0 unspecified atom stereocenters. The lowest BCUT2D eigenvalue weighted by Gasteiger charge is -2.29. The van der Waals surface area contributed by atoms with Gasteiger partial charge in [-0.3, -0.25) is 9.36 Å². The van der Waals surface area contributed by atoms with Crippen LogP contribution in [0.2, 0.25) is 0 Å². The molecule has 1 aliphatic rings. The van der Waals surface area contributed by atoms with E-state index >= 15 is 0 Å². The van der Waals surface area contributed by atoms with Crippen LogP contribution in [-0.4, -0.2) is 35.9 Å². The largest absolute Gasteiger partial charge is 0.378 e. The summed E-state index contributed by atoms with van der Waals surface area (Å²) in [7, 11) is 0. The smallest absolute Gasteiger partial charge is 0.265 e. The molecule has 3 aromatic rings. The number of halogens is 1. The minimum Gasteiger partial charge on any atom is -0.378 e. The number of anilines is 1. The minimum absolute atomic E-state index is 0.0528. The minimum atomic E-state index is -0.0528. The molecule has 5 nitrogen and oxygen atoms in total. The molecule has 4 rings (SSSR count). The first-order valence-corrected chi connectivity index (χ1v) is 9.05. The van der Waals surface area contributed by atoms with Crippen molar-refractivity contribution in [3.05, 3.63) is 63.1 Å². The second kappa shape index (κ2) is 6.61. The molecular formula is C19H18BrN3O2. The van der Waals surface area contributed by atoms with Gasteiger partial charge in [0.05, 0.1) is 29.8 Å². The molecule has 25 heavy (non-hydrogen) atoms. The van der Waals surface area contributed by atoms with Crippen molar-refractivity contribution >= 4 is 32.5 Å². The summed E-state index contributed by atoms with van der Waals surface area (Å²) in [5, 5.41) is 0.609. The SMILES string of the molecule is Cc1nc2ccc(Br)cc2c(=O)n1-c1ccc(N2CCOCC2)cc1. The van der Waals surface area contributed by atoms with Crippen LogP contribution in [0, 0.1) is 6.92 Å². The maximum absolute atomic E-state index is 13.0. The molecule has 6 heteroatoms. The first-order chi connectivity index (χ1) is 12.1. The Morgan fingerprint density at radius 1 is 1.04 bits per heavy atom. The molecule has 128 valence electrons. The predicted octanol–water partition coefficient (Wildman–Crippen LogP) is 3.29. The van der Waals surface area contributed by atoms with E-state index in [0.717, 1.165) is 42.2 Å². The maximum atomic E-state index is 13.0. The van der Waals surface area contributed by atoms with Crippen molar-refractivity contribution in [1.82, 2.24) is 9.55 Å². The highest BCUT2D eigenvalue weighted by Gasteiger charge is 2.13. The van der Waals surface area contributed by atoms with E-state index in [0.29, 0.717) is 16.7 Å². The van der Waals surface area contributed by atoms with Gasteiger partial charge in [0, 0.05) is 23.2 Å². The van der Waals surface area contributed by atoms with E-state index in [1.807, 2.05) is 37.3 Å². The summed E-state index contributed by atoms with van der Waals surface area (Å²) in [6.07, 6.45) is 0. The maximum Gasteiger partial charge on any atom is 0.265 e. The number of benzene rings is 2. The predicted molar refractivity (Wildman–Crippen MR) is 103 cm³/mol. The summed E-state index contributed by atoms with van der Waals surface area (Å²) < 4.78 is 7.93. The Labute approximate surface area is 154 Å². The molecule has 1 aliphatic heterocycles. The van der Waals surface area contributed by atoms with Crippen molar-refractivity contribution in [2.45, 2.75) is 6.92 Å². The highest BCUT2D eigenvalue weighted by atomic mass is 79.9. The zero-order valence-electron chi connectivity index (χ0n) is 13.9. The average Bonchev–Trinajstić information content (AvgIpc) is 2.64. The second-order valence-corrected chi connectivity index (χ2v) is 6.99. The van der Waals surface area contributed by atoms with Gasteiger partial charge in [-0.2, -0.15) is 0 Å². The van der Waals surface area contributed by atoms with E-state index in [2.05, 4.69) is 37.9 Å². The van der Waals surface area contributed by atoms with Gasteiger partial charge in [-0.05, 0) is 49.4 Å². The Hall–Kier alpha value is -2.18. The average molecular weight is 400 g/mol. The fraction of sp³-hybridized carbons (Fsp3) is 0.263. The molecular weight excluding hydrogens is 382 g/mol. The quantitative estimate of drug-likeness (QED) is 0.663. The van der Waals surface area contributed by atoms with Crippen LogP contribution in [0.15, 0.2) is 51.7 Å². The lowest BCUT2D eigenvalue weighted by molar-refractivity contribution is 0.122. The number of hydrogen-bond acceptors (Lipinski definition) is 4. The Morgan fingerprint density at radius 2 is 1.72 bits per heavy atom. The molecule has 0 N–H and O–H groups in total. The second-order valence-electron chi connectivity index (χ2n) is 6.08. The molecule has 0 saturated carbocycles. The van der Waals surface area contributed by atoms with Gasteiger partial charge in [-0.15, -0.1) is 0 Å². The Bertz CT molecular complexity index is 976. The van der Waals surface area contributed by atoms with Gasteiger partial charge >= 0.3 is 0 Å². The van der Waals surface area contributed by atoms with Crippen molar-refractivity contribution in [3.63, 3.8) is 0 Å². The summed E-state index contributed by atoms with van der Waals surface area (Å²) in [6.45, 7) is 5.15. The number of hydrogen-bond donors (Lipinski definition) is 0. The molecule has 0 spiro atoms. The van der Waals surface area contributed by atoms with E-state index in [4.69, 9.17) is 4.74 Å². The Kier molecular flexibility index (Phi) is 4.31. The van der Waals surface area contributed by atoms with Gasteiger partial charge in [0.2, 0.25) is 0 Å². The zero-order valence-corrected chi connectivity index (χ0v) is 15.5. The van der Waals surface area contributed by atoms with Gasteiger partial charge in [-0.1, -0.05) is 15.9 Å². The van der Waals surface area contributed by atoms with Crippen LogP contribution >= 0.6 is 15.9 Å². The lowest BCUT2D eigenvalue weighted by atomic mass is 10.2. The first-order valence-electron chi connectivity index (χ1n) is 8.25. The van der Waals surface area contributed by atoms with Crippen LogP contribution in [0.3, 0.4) is 0 Å². The molecule has 2 aromatic carbocycles. The number of aromatic nitrogens is 2. The third-order valence-corrected chi connectivity index (χ3v) is 4.98. The fourth-order valence-corrected chi connectivity index (χ4v) is 3.57. The number of nitrogens with zero attached hydrogens (tertiary/aromatic N) is 3. The molecule has 0 amide bonds. The van der Waals surface area contributed by atoms with Crippen LogP contribution in [0.5, 0.6) is 0 Å². The monoisotopic (exact) mass is 399 g/mol. The Morgan fingerprint density at radius 3 is 2.44 bits per heavy atom. The molecule has 1 saturated heterocycles. The summed E-state index contributed by atoms with van der Waals surface area (Å²) in [6, 6.07) is 13.6. The first kappa shape index (κ1) is 16.3. The summed E-state index contributed by atoms with van der Waals surface area (Å²) >= 11 is 3.43. The molecule has 0 atom stereocenters. The van der Waals surface area contributed by atoms with E-state index in [9.17, 15) is 4.79 Å². The fourth-order valence-electron chi connectivity index (χ4n) is 3.21. The van der Waals surface area contributed by atoms with E-state index in [1.165, 1.54) is 0 Å². The van der Waals surface area contributed by atoms with Crippen molar-refractivity contribution in [2.75, 3.05) is 31.2 Å². The van der Waals surface area contributed by atoms with Crippen LogP contribution in [0.25, 0.3) is 16.6 Å². The standard InChI is InChI=1S/C19H18BrN3O2/c1-13-21-18-7-2-14(20)12-17(18)19(24)23(13)16-5-3-15(4-6-16)22-8-10-25-11-9-22/h2-7,12H,8-11H2,1H3. The number of fused-ring (bicyclic) bond motifs is 1. The van der Waals surface area contributed by atoms with Gasteiger partial charge in [-0.25, -0.2) is 4.98 Å². The molecule has 0 aliphatic carbocycles. The summed E-state index contributed by atoms with van der Waals surface area (Å²) in [5.41, 5.74) is 2.64. The van der Waals surface area contributed by atoms with E-state index in [-0.39, 0.29) is 5.56 Å². The van der Waals surface area contributed by atoms with Gasteiger partial charge in [0.25, 0.3) is 5.56 Å². The number of morpholine rings is 1. The third-order valence-electron chi connectivity index (χ3n) is 4.48. The normalized spacial score (nSPS) is 14.9. The van der Waals surface area contributed by atoms with Gasteiger partial charge < -0.3 is 9.64 Å². The van der Waals surface area contributed by atoms with Crippen LogP contribution in [-0.2, 0) is 4.74 Å². The topological polar surface area (TPSA) is 47.4 Å². The van der Waals surface area contributed by atoms with Crippen molar-refractivity contribution in [1.29, 1.82) is 0 Å². The third kappa shape index (κ3) is 3.07. The number of rotatable bonds is 2. The number of aryl methyl sites for hydroxylation is 1. The lowest BCUT2D eigenvalue weighted by Crippen LogP contribution is -2.36. The van der Waals surface area contributed by atoms with Crippen LogP contribution < -0.4 is 10.5 Å². The van der Waals surface area contributed by atoms with Crippen LogP contribution in [0.4, 0.5) is 5.69 Å². The van der Waals surface area contributed by atoms with Crippen LogP contribution in [0.1, 0.15) is 5.82 Å². The summed E-state index contributed by atoms with van der Waals surface area (Å²) in [4.78, 5) is 19.8. The van der Waals surface area contributed by atoms with E-state index in [1.54, 1.807) is 4.57 Å². The Balaban J connectivity index is 1.77. The van der Waals surface area contributed by atoms with Gasteiger partial charge in [0.1, 0.15) is 5.82 Å². The number of ether oxygens (including phenoxy) is 1. The van der Waals surface area contributed by atoms with Crippen molar-refractivity contribution in [3.8, 4) is 5.69 Å². The van der Waals surface area contributed by atoms with Crippen molar-refractivity contribution in [2.24, 2.45) is 0 Å². The summed E-state index contributed by atoms with van der Waals surface area (Å²) in [5.74, 6) is 0.680. The highest BCUT2D eigenvalue weighted by molar-refractivity contribution is 9.10. The zero-order chi connectivity index (χ0) is 17.4. The highest BCUT2D eigenvalue weighted by Crippen LogP contribution is 2.20. The molecule has 0 radical (unpaired) electrons. The molecule has 1 aromatic heterocycles. The van der Waals surface area contributed by atoms with Gasteiger partial charge in [0.15, 0.2) is 0 Å².